The van der Waals surface area contributed by atoms with Gasteiger partial charge in [-0.05, 0) is 24.4 Å². The van der Waals surface area contributed by atoms with E-state index in [1.54, 1.807) is 17.4 Å². The van der Waals surface area contributed by atoms with E-state index in [4.69, 9.17) is 4.74 Å². The van der Waals surface area contributed by atoms with Crippen LogP contribution >= 0.6 is 0 Å². The first kappa shape index (κ1) is 30.7. The molecule has 0 aromatic carbocycles. The number of ether oxygens (including phenoxy) is 1. The number of fused-ring (bicyclic) bond motifs is 1. The lowest BCUT2D eigenvalue weighted by Gasteiger charge is -2.51. The predicted molar refractivity (Wildman–Crippen MR) is 161 cm³/mol. The molecule has 12 heteroatoms. The van der Waals surface area contributed by atoms with Crippen LogP contribution in [0.1, 0.15) is 40.2 Å². The summed E-state index contributed by atoms with van der Waals surface area (Å²) < 4.78 is 9.80. The predicted octanol–water partition coefficient (Wildman–Crippen LogP) is 5.16. The van der Waals surface area contributed by atoms with Gasteiger partial charge in [0.1, 0.15) is 18.7 Å². The third-order valence-corrected chi connectivity index (χ3v) is 9.64. The Morgan fingerprint density at radius 2 is 2.02 bits per heavy atom. The number of nitrogens with zero attached hydrogens (tertiary/aromatic N) is 8. The highest BCUT2D eigenvalue weighted by molar-refractivity contribution is 6.76. The number of carboxylic acid groups (broad SMARTS) is 1. The van der Waals surface area contributed by atoms with Crippen LogP contribution in [0, 0.1) is 16.7 Å². The number of aromatic nitrogens is 5. The molecule has 3 aromatic rings. The Kier molecular flexibility index (Phi) is 9.21. The Morgan fingerprint density at radius 1 is 1.27 bits per heavy atom. The molecule has 0 spiro atoms. The molecule has 1 saturated heterocycles. The van der Waals surface area contributed by atoms with Gasteiger partial charge in [-0.2, -0.15) is 10.4 Å². The molecule has 1 N–H and O–H groups in total. The highest BCUT2D eigenvalue weighted by Gasteiger charge is 2.43. The molecule has 3 atom stereocenters. The zero-order valence-corrected chi connectivity index (χ0v) is 26.4. The summed E-state index contributed by atoms with van der Waals surface area (Å²) in [5.74, 6) is 0. The normalized spacial score (nSPS) is 19.4. The van der Waals surface area contributed by atoms with Crippen molar-refractivity contribution in [3.63, 3.8) is 0 Å². The van der Waals surface area contributed by atoms with Gasteiger partial charge in [0.25, 0.3) is 0 Å². The van der Waals surface area contributed by atoms with Crippen LogP contribution in [0.4, 0.5) is 4.79 Å². The van der Waals surface area contributed by atoms with Crippen molar-refractivity contribution in [2.24, 2.45) is 5.41 Å². The number of rotatable bonds is 10. The average Bonchev–Trinajstić information content (AvgIpc) is 3.53. The van der Waals surface area contributed by atoms with Crippen molar-refractivity contribution in [2.75, 3.05) is 26.2 Å². The maximum absolute atomic E-state index is 12.0. The van der Waals surface area contributed by atoms with Gasteiger partial charge in [-0.15, -0.1) is 0 Å². The Balaban J connectivity index is 1.52. The fourth-order valence-corrected chi connectivity index (χ4v) is 6.62. The van der Waals surface area contributed by atoms with Crippen molar-refractivity contribution in [2.45, 2.75) is 84.7 Å². The van der Waals surface area contributed by atoms with Crippen LogP contribution in [-0.2, 0) is 11.5 Å². The molecule has 1 aliphatic heterocycles. The van der Waals surface area contributed by atoms with Crippen LogP contribution < -0.4 is 0 Å². The van der Waals surface area contributed by atoms with E-state index in [1.165, 1.54) is 0 Å². The topological polar surface area (TPSA) is 125 Å². The molecule has 3 aromatic heterocycles. The highest BCUT2D eigenvalue weighted by Crippen LogP contribution is 2.33. The van der Waals surface area contributed by atoms with Crippen molar-refractivity contribution in [1.29, 1.82) is 5.26 Å². The van der Waals surface area contributed by atoms with Crippen LogP contribution in [0.15, 0.2) is 31.0 Å². The first-order chi connectivity index (χ1) is 19.3. The van der Waals surface area contributed by atoms with Gasteiger partial charge in [0.05, 0.1) is 36.5 Å². The third-order valence-electron chi connectivity index (χ3n) is 7.93. The summed E-state index contributed by atoms with van der Waals surface area (Å²) >= 11 is 0. The smallest absolute Gasteiger partial charge is 0.407 e. The van der Waals surface area contributed by atoms with Gasteiger partial charge < -0.3 is 19.3 Å². The molecule has 1 fully saturated rings. The number of hydrogen-bond donors (Lipinski definition) is 1. The Labute approximate surface area is 243 Å². The zero-order chi connectivity index (χ0) is 29.9. The standard InChI is InChI=1S/C29H44N8O3Si/c1-21-26(29(2,3)4)36(28(38)39)13-12-34(21)18-23(8-10-30)37-17-22(16-33-37)25-24-9-11-35(27(24)32-19-31-25)20-40-14-15-41(5,6)7/h9,11,16-17,19,21,23,26H,8,12-15,18,20H2,1-7H3,(H,38,39)/t21-,23?,26?/m0/s1. The molecule has 4 rings (SSSR count). The molecule has 41 heavy (non-hydrogen) atoms. The van der Waals surface area contributed by atoms with Gasteiger partial charge in [0, 0.05) is 63.7 Å². The van der Waals surface area contributed by atoms with Crippen LogP contribution in [-0.4, -0.2) is 91.7 Å². The molecule has 0 aliphatic carbocycles. The number of nitriles is 1. The lowest BCUT2D eigenvalue weighted by molar-refractivity contribution is -0.0199. The summed E-state index contributed by atoms with van der Waals surface area (Å²) in [7, 11) is -1.16. The average molecular weight is 581 g/mol. The summed E-state index contributed by atoms with van der Waals surface area (Å²) in [6.07, 6.45) is 6.69. The highest BCUT2D eigenvalue weighted by atomic mass is 28.3. The van der Waals surface area contributed by atoms with Crippen LogP contribution in [0.25, 0.3) is 22.3 Å². The van der Waals surface area contributed by atoms with E-state index in [0.29, 0.717) is 26.4 Å². The molecule has 4 heterocycles. The molecule has 1 amide bonds. The molecular formula is C29H44N8O3Si. The minimum absolute atomic E-state index is 0.00899. The fraction of sp³-hybridized carbons (Fsp3) is 0.621. The Hall–Kier alpha value is -3.27. The van der Waals surface area contributed by atoms with Gasteiger partial charge in [-0.25, -0.2) is 14.8 Å². The zero-order valence-electron chi connectivity index (χ0n) is 25.4. The molecule has 0 bridgehead atoms. The van der Waals surface area contributed by atoms with E-state index in [9.17, 15) is 15.2 Å². The maximum Gasteiger partial charge on any atom is 0.407 e. The summed E-state index contributed by atoms with van der Waals surface area (Å²) in [6, 6.07) is 5.08. The second kappa shape index (κ2) is 12.3. The second-order valence-corrected chi connectivity index (χ2v) is 19.0. The minimum atomic E-state index is -1.16. The lowest BCUT2D eigenvalue weighted by Crippen LogP contribution is -2.64. The molecule has 11 nitrogen and oxygen atoms in total. The first-order valence-electron chi connectivity index (χ1n) is 14.3. The van der Waals surface area contributed by atoms with E-state index in [-0.39, 0.29) is 30.0 Å². The monoisotopic (exact) mass is 580 g/mol. The minimum Gasteiger partial charge on any atom is -0.465 e. The summed E-state index contributed by atoms with van der Waals surface area (Å²) in [4.78, 5) is 24.9. The molecule has 0 saturated carbocycles. The Bertz CT molecular complexity index is 1380. The second-order valence-electron chi connectivity index (χ2n) is 13.3. The van der Waals surface area contributed by atoms with E-state index in [2.05, 4.69) is 73.4 Å². The quantitative estimate of drug-likeness (QED) is 0.257. The largest absolute Gasteiger partial charge is 0.465 e. The molecule has 0 radical (unpaired) electrons. The van der Waals surface area contributed by atoms with Crippen molar-refractivity contribution in [3.05, 3.63) is 31.0 Å². The van der Waals surface area contributed by atoms with E-state index >= 15 is 0 Å². The molecule has 1 aliphatic rings. The van der Waals surface area contributed by atoms with Crippen molar-refractivity contribution in [3.8, 4) is 17.3 Å². The summed E-state index contributed by atoms with van der Waals surface area (Å²) in [5.41, 5.74) is 2.22. The number of amides is 1. The third kappa shape index (κ3) is 7.15. The van der Waals surface area contributed by atoms with Crippen molar-refractivity contribution < 1.29 is 14.6 Å². The van der Waals surface area contributed by atoms with Crippen LogP contribution in [0.2, 0.25) is 25.7 Å². The van der Waals surface area contributed by atoms with Gasteiger partial charge in [0.2, 0.25) is 0 Å². The van der Waals surface area contributed by atoms with Gasteiger partial charge >= 0.3 is 6.09 Å². The van der Waals surface area contributed by atoms with Gasteiger partial charge in [-0.1, -0.05) is 40.4 Å². The van der Waals surface area contributed by atoms with E-state index in [1.807, 2.05) is 27.7 Å². The number of hydrogen-bond acceptors (Lipinski definition) is 7. The fourth-order valence-electron chi connectivity index (χ4n) is 5.86. The van der Waals surface area contributed by atoms with Gasteiger partial charge in [-0.3, -0.25) is 9.58 Å². The Morgan fingerprint density at radius 3 is 2.68 bits per heavy atom. The van der Waals surface area contributed by atoms with Gasteiger partial charge in [0.15, 0.2) is 0 Å². The maximum atomic E-state index is 12.0. The summed E-state index contributed by atoms with van der Waals surface area (Å²) in [5, 5.41) is 25.1. The molecule has 222 valence electrons. The van der Waals surface area contributed by atoms with E-state index < -0.39 is 14.2 Å². The van der Waals surface area contributed by atoms with Crippen molar-refractivity contribution in [1.82, 2.24) is 34.1 Å². The van der Waals surface area contributed by atoms with Crippen LogP contribution in [0.3, 0.4) is 0 Å². The summed E-state index contributed by atoms with van der Waals surface area (Å²) in [6.45, 7) is 18.2. The van der Waals surface area contributed by atoms with Crippen LogP contribution in [0.5, 0.6) is 0 Å². The first-order valence-corrected chi connectivity index (χ1v) is 18.0. The number of piperazine rings is 1. The van der Waals surface area contributed by atoms with Crippen molar-refractivity contribution >= 4 is 25.2 Å². The number of carbonyl (C=O) groups is 1. The lowest BCUT2D eigenvalue weighted by atomic mass is 9.80. The molecule has 2 unspecified atom stereocenters. The SMILES string of the molecule is C[C@H]1C(C(C)(C)C)N(C(=O)O)CCN1CC(CC#N)n1cc(-c2ncnc3c2ccn3COCC[Si](C)(C)C)cn1. The van der Waals surface area contributed by atoms with E-state index in [0.717, 1.165) is 34.9 Å². The molecular weight excluding hydrogens is 536 g/mol.